The first-order valence-corrected chi connectivity index (χ1v) is 10.9. The van der Waals surface area contributed by atoms with E-state index < -0.39 is 0 Å². The van der Waals surface area contributed by atoms with Gasteiger partial charge in [0.05, 0.1) is 24.8 Å². The molecule has 4 saturated carbocycles. The first-order valence-electron chi connectivity index (χ1n) is 10.9. The van der Waals surface area contributed by atoms with E-state index >= 15 is 0 Å². The molecule has 0 radical (unpaired) electrons. The Hall–Kier alpha value is -1.88. The van der Waals surface area contributed by atoms with Gasteiger partial charge in [-0.25, -0.2) is 4.90 Å². The Morgan fingerprint density at radius 2 is 1.64 bits per heavy atom. The maximum Gasteiger partial charge on any atom is 0.251 e. The van der Waals surface area contributed by atoms with E-state index in [4.69, 9.17) is 4.74 Å². The summed E-state index contributed by atoms with van der Waals surface area (Å²) in [5.41, 5.74) is 1.00. The van der Waals surface area contributed by atoms with Gasteiger partial charge < -0.3 is 10.1 Å². The van der Waals surface area contributed by atoms with Crippen molar-refractivity contribution in [2.45, 2.75) is 57.9 Å². The Bertz CT molecular complexity index is 737. The summed E-state index contributed by atoms with van der Waals surface area (Å²) < 4.78 is 5.45. The van der Waals surface area contributed by atoms with Crippen molar-refractivity contribution in [1.82, 2.24) is 5.32 Å². The van der Waals surface area contributed by atoms with Crippen LogP contribution in [-0.2, 0) is 9.59 Å². The lowest BCUT2D eigenvalue weighted by atomic mass is 9.49. The number of rotatable bonds is 6. The summed E-state index contributed by atoms with van der Waals surface area (Å²) in [5, 5.41) is 3.51. The van der Waals surface area contributed by atoms with Crippen molar-refractivity contribution in [2.75, 3.05) is 18.1 Å². The summed E-state index contributed by atoms with van der Waals surface area (Å²) in [5.74, 6) is 3.22. The van der Waals surface area contributed by atoms with Crippen molar-refractivity contribution in [1.29, 1.82) is 0 Å². The third-order valence-electron chi connectivity index (χ3n) is 7.44. The maximum atomic E-state index is 13.0. The summed E-state index contributed by atoms with van der Waals surface area (Å²) in [4.78, 5) is 26.9. The number of carbonyl (C=O) groups is 2. The molecule has 5 aliphatic rings. The summed E-state index contributed by atoms with van der Waals surface area (Å²) in [6.45, 7) is 3.41. The van der Waals surface area contributed by atoms with Crippen LogP contribution >= 0.6 is 0 Å². The van der Waals surface area contributed by atoms with Crippen LogP contribution in [0.5, 0.6) is 5.75 Å². The Morgan fingerprint density at radius 3 is 2.21 bits per heavy atom. The van der Waals surface area contributed by atoms with Crippen LogP contribution in [-0.4, -0.2) is 31.0 Å². The van der Waals surface area contributed by atoms with E-state index in [2.05, 4.69) is 5.32 Å². The van der Waals surface area contributed by atoms with E-state index in [9.17, 15) is 9.59 Å². The quantitative estimate of drug-likeness (QED) is 0.765. The summed E-state index contributed by atoms with van der Waals surface area (Å²) in [7, 11) is 0. The number of amides is 2. The molecule has 5 heteroatoms. The molecule has 1 aliphatic heterocycles. The molecule has 1 heterocycles. The van der Waals surface area contributed by atoms with Crippen molar-refractivity contribution in [3.05, 3.63) is 24.3 Å². The van der Waals surface area contributed by atoms with E-state index in [0.717, 1.165) is 30.0 Å². The molecule has 2 amide bonds. The van der Waals surface area contributed by atoms with Crippen LogP contribution in [0, 0.1) is 23.2 Å². The van der Waals surface area contributed by atoms with Gasteiger partial charge in [-0.05, 0) is 92.9 Å². The van der Waals surface area contributed by atoms with Crippen molar-refractivity contribution in [2.24, 2.45) is 23.2 Å². The number of hydrogen-bond acceptors (Lipinski definition) is 4. The van der Waals surface area contributed by atoms with Gasteiger partial charge in [-0.15, -0.1) is 0 Å². The minimum Gasteiger partial charge on any atom is -0.494 e. The Labute approximate surface area is 166 Å². The van der Waals surface area contributed by atoms with Gasteiger partial charge in [0, 0.05) is 6.54 Å². The molecule has 1 atom stereocenters. The van der Waals surface area contributed by atoms with Gasteiger partial charge in [-0.1, -0.05) is 0 Å². The number of hydrogen-bond donors (Lipinski definition) is 1. The van der Waals surface area contributed by atoms with Crippen LogP contribution in [0.3, 0.4) is 0 Å². The molecule has 150 valence electrons. The van der Waals surface area contributed by atoms with Crippen LogP contribution in [0.1, 0.15) is 51.9 Å². The third kappa shape index (κ3) is 3.14. The van der Waals surface area contributed by atoms with Crippen LogP contribution in [0.25, 0.3) is 0 Å². The predicted molar refractivity (Wildman–Crippen MR) is 107 cm³/mol. The van der Waals surface area contributed by atoms with Crippen LogP contribution in [0.15, 0.2) is 24.3 Å². The molecule has 0 unspecified atom stereocenters. The maximum absolute atomic E-state index is 13.0. The monoisotopic (exact) mass is 382 g/mol. The van der Waals surface area contributed by atoms with Crippen LogP contribution in [0.4, 0.5) is 5.69 Å². The second-order valence-electron chi connectivity index (χ2n) is 9.55. The highest BCUT2D eigenvalue weighted by atomic mass is 16.5. The predicted octanol–water partition coefficient (Wildman–Crippen LogP) is 3.52. The van der Waals surface area contributed by atoms with E-state index in [0.29, 0.717) is 17.7 Å². The molecular weight excluding hydrogens is 352 g/mol. The lowest BCUT2D eigenvalue weighted by Crippen LogP contribution is -2.52. The number of nitrogens with zero attached hydrogens (tertiary/aromatic N) is 1. The van der Waals surface area contributed by atoms with Gasteiger partial charge in [0.2, 0.25) is 5.91 Å². The molecule has 4 aliphatic carbocycles. The summed E-state index contributed by atoms with van der Waals surface area (Å²) >= 11 is 0. The lowest BCUT2D eigenvalue weighted by Gasteiger charge is -2.57. The average Bonchev–Trinajstić information content (AvgIpc) is 2.94. The minimum atomic E-state index is -0.382. The van der Waals surface area contributed by atoms with Gasteiger partial charge in [0.25, 0.3) is 5.91 Å². The fourth-order valence-corrected chi connectivity index (χ4v) is 6.77. The zero-order valence-corrected chi connectivity index (χ0v) is 16.7. The second kappa shape index (κ2) is 6.87. The molecule has 28 heavy (non-hydrogen) atoms. The average molecular weight is 383 g/mol. The Kier molecular flexibility index (Phi) is 4.46. The third-order valence-corrected chi connectivity index (χ3v) is 7.44. The molecule has 0 aromatic heterocycles. The molecular formula is C23H30N2O3. The van der Waals surface area contributed by atoms with Gasteiger partial charge >= 0.3 is 0 Å². The van der Waals surface area contributed by atoms with E-state index in [-0.39, 0.29) is 24.3 Å². The highest BCUT2D eigenvalue weighted by Crippen LogP contribution is 2.59. The van der Waals surface area contributed by atoms with Gasteiger partial charge in [-0.2, -0.15) is 0 Å². The van der Waals surface area contributed by atoms with E-state index in [1.165, 1.54) is 43.4 Å². The summed E-state index contributed by atoms with van der Waals surface area (Å²) in [6.07, 6.45) is 8.46. The van der Waals surface area contributed by atoms with Crippen LogP contribution < -0.4 is 15.0 Å². The van der Waals surface area contributed by atoms with Gasteiger partial charge in [0.1, 0.15) is 5.75 Å². The number of nitrogens with one attached hydrogen (secondary N) is 1. The molecule has 6 rings (SSSR count). The van der Waals surface area contributed by atoms with Crippen LogP contribution in [0.2, 0.25) is 0 Å². The summed E-state index contributed by atoms with van der Waals surface area (Å²) in [6, 6.07) is 6.84. The van der Waals surface area contributed by atoms with E-state index in [1.54, 1.807) is 12.1 Å². The topological polar surface area (TPSA) is 58.6 Å². The number of imide groups is 1. The molecule has 1 saturated heterocycles. The highest BCUT2D eigenvalue weighted by Gasteiger charge is 2.51. The normalized spacial score (nSPS) is 36.4. The fraction of sp³-hybridized carbons (Fsp3) is 0.652. The minimum absolute atomic E-state index is 0.112. The van der Waals surface area contributed by atoms with Crippen molar-refractivity contribution >= 4 is 17.5 Å². The molecule has 1 aromatic carbocycles. The first-order chi connectivity index (χ1) is 13.5. The number of benzene rings is 1. The van der Waals surface area contributed by atoms with E-state index in [1.807, 2.05) is 19.1 Å². The molecule has 5 fully saturated rings. The number of carbonyl (C=O) groups excluding carboxylic acids is 2. The zero-order valence-electron chi connectivity index (χ0n) is 16.7. The Balaban J connectivity index is 1.25. The highest BCUT2D eigenvalue weighted by molar-refractivity contribution is 6.22. The van der Waals surface area contributed by atoms with Gasteiger partial charge in [-0.3, -0.25) is 9.59 Å². The molecule has 1 aromatic rings. The molecule has 5 nitrogen and oxygen atoms in total. The molecule has 1 N–H and O–H groups in total. The fourth-order valence-electron chi connectivity index (χ4n) is 6.77. The first kappa shape index (κ1) is 18.2. The van der Waals surface area contributed by atoms with Crippen molar-refractivity contribution < 1.29 is 14.3 Å². The zero-order chi connectivity index (χ0) is 19.3. The van der Waals surface area contributed by atoms with Gasteiger partial charge in [0.15, 0.2) is 0 Å². The molecule has 4 bridgehead atoms. The van der Waals surface area contributed by atoms with Crippen molar-refractivity contribution in [3.63, 3.8) is 0 Å². The SMILES string of the molecule is CCOc1ccc(N2C(=O)C[C@@H](NCC34CC5CC(CC(C5)C3)C4)C2=O)cc1. The lowest BCUT2D eigenvalue weighted by molar-refractivity contribution is -0.121. The standard InChI is InChI=1S/C23H30N2O3/c1-2-28-19-5-3-18(4-6-19)25-21(26)10-20(22(25)27)24-14-23-11-15-7-16(12-23)9-17(8-15)13-23/h3-6,15-17,20,24H,2,7-14H2,1H3/t15?,16?,17?,20-,23?/m1/s1. The Morgan fingerprint density at radius 1 is 1.04 bits per heavy atom. The molecule has 0 spiro atoms. The number of ether oxygens (including phenoxy) is 1. The number of anilines is 1. The second-order valence-corrected chi connectivity index (χ2v) is 9.55. The smallest absolute Gasteiger partial charge is 0.251 e. The van der Waals surface area contributed by atoms with Crippen molar-refractivity contribution in [3.8, 4) is 5.75 Å². The largest absolute Gasteiger partial charge is 0.494 e.